The molecule has 0 aliphatic rings. The van der Waals surface area contributed by atoms with Gasteiger partial charge in [-0.15, -0.1) is 0 Å². The van der Waals surface area contributed by atoms with Crippen LogP contribution in [0, 0.1) is 10.5 Å². The number of halogens is 1. The zero-order valence-corrected chi connectivity index (χ0v) is 28.5. The van der Waals surface area contributed by atoms with E-state index in [0.717, 1.165) is 42.5 Å². The Bertz CT molecular complexity index is 2170. The molecule has 0 unspecified atom stereocenters. The van der Waals surface area contributed by atoms with Crippen LogP contribution in [-0.4, -0.2) is 30.1 Å². The zero-order valence-electron chi connectivity index (χ0n) is 26.4. The van der Waals surface area contributed by atoms with Gasteiger partial charge in [0, 0.05) is 5.56 Å². The number of methoxy groups -OCH3 is 2. The van der Waals surface area contributed by atoms with E-state index in [0.29, 0.717) is 34.8 Å². The minimum Gasteiger partial charge on any atom is -0.496 e. The Morgan fingerprint density at radius 1 is 0.891 bits per heavy atom. The van der Waals surface area contributed by atoms with Crippen LogP contribution in [0.2, 0.25) is 0 Å². The summed E-state index contributed by atoms with van der Waals surface area (Å²) in [5.41, 5.74) is 4.96. The topological polar surface area (TPSA) is 74.9 Å². The largest absolute Gasteiger partial charge is 0.496 e. The highest BCUT2D eigenvalue weighted by Gasteiger charge is 2.19. The summed E-state index contributed by atoms with van der Waals surface area (Å²) in [5, 5.41) is 7.53. The maximum Gasteiger partial charge on any atom is 0.282 e. The van der Waals surface area contributed by atoms with Crippen LogP contribution in [0.3, 0.4) is 0 Å². The molecule has 5 aromatic carbocycles. The first-order chi connectivity index (χ1) is 22.3. The summed E-state index contributed by atoms with van der Waals surface area (Å²) in [6.45, 7) is 6.60. The maximum atomic E-state index is 13.9. The van der Waals surface area contributed by atoms with Gasteiger partial charge < -0.3 is 14.2 Å². The average Bonchev–Trinajstić information content (AvgIpc) is 3.06. The maximum absolute atomic E-state index is 13.9. The van der Waals surface area contributed by atoms with E-state index in [1.807, 2.05) is 61.5 Å². The normalized spacial score (nSPS) is 11.5. The molecular formula is C38H34IN3O4. The number of para-hydroxylation sites is 1. The second-order valence-corrected chi connectivity index (χ2v) is 12.5. The first-order valence-corrected chi connectivity index (χ1v) is 16.1. The van der Waals surface area contributed by atoms with Crippen molar-refractivity contribution in [2.75, 3.05) is 14.2 Å². The third-order valence-corrected chi connectivity index (χ3v) is 8.82. The Morgan fingerprint density at radius 3 is 2.37 bits per heavy atom. The number of nitrogens with zero attached hydrogens (tertiary/aromatic N) is 3. The summed E-state index contributed by atoms with van der Waals surface area (Å²) in [5.74, 6) is 2.69. The van der Waals surface area contributed by atoms with Gasteiger partial charge in [-0.3, -0.25) is 4.79 Å². The van der Waals surface area contributed by atoms with Crippen LogP contribution in [0.1, 0.15) is 42.0 Å². The van der Waals surface area contributed by atoms with E-state index in [1.54, 1.807) is 26.5 Å². The summed E-state index contributed by atoms with van der Waals surface area (Å²) in [7, 11) is 3.29. The van der Waals surface area contributed by atoms with Crippen molar-refractivity contribution in [1.82, 2.24) is 9.66 Å². The van der Waals surface area contributed by atoms with E-state index in [9.17, 15) is 4.79 Å². The summed E-state index contributed by atoms with van der Waals surface area (Å²) < 4.78 is 20.0. The van der Waals surface area contributed by atoms with Gasteiger partial charge >= 0.3 is 0 Å². The van der Waals surface area contributed by atoms with Crippen molar-refractivity contribution in [1.29, 1.82) is 0 Å². The average molecular weight is 724 g/mol. The summed E-state index contributed by atoms with van der Waals surface area (Å²) in [4.78, 5) is 18.8. The van der Waals surface area contributed by atoms with E-state index in [-0.39, 0.29) is 11.5 Å². The predicted octanol–water partition coefficient (Wildman–Crippen LogP) is 8.73. The lowest BCUT2D eigenvalue weighted by Gasteiger charge is -2.17. The number of hydrogen-bond acceptors (Lipinski definition) is 6. The number of rotatable bonds is 9. The fourth-order valence-electron chi connectivity index (χ4n) is 5.62. The molecule has 0 aliphatic carbocycles. The molecule has 0 atom stereocenters. The van der Waals surface area contributed by atoms with Crippen molar-refractivity contribution >= 4 is 50.5 Å². The van der Waals surface area contributed by atoms with Crippen LogP contribution in [0.25, 0.3) is 33.1 Å². The van der Waals surface area contributed by atoms with Gasteiger partial charge in [0.2, 0.25) is 0 Å². The van der Waals surface area contributed by atoms with Crippen LogP contribution in [0.15, 0.2) is 101 Å². The molecule has 1 aromatic heterocycles. The summed E-state index contributed by atoms with van der Waals surface area (Å²) >= 11 is 2.25. The van der Waals surface area contributed by atoms with Gasteiger partial charge in [-0.2, -0.15) is 9.78 Å². The van der Waals surface area contributed by atoms with E-state index in [2.05, 4.69) is 66.8 Å². The molecule has 0 N–H and O–H groups in total. The van der Waals surface area contributed by atoms with Crippen LogP contribution in [0.4, 0.5) is 0 Å². The van der Waals surface area contributed by atoms with Crippen molar-refractivity contribution in [3.63, 3.8) is 0 Å². The van der Waals surface area contributed by atoms with Crippen LogP contribution >= 0.6 is 22.6 Å². The molecule has 0 bridgehead atoms. The fraction of sp³-hybridized carbons (Fsp3) is 0.184. The van der Waals surface area contributed by atoms with Gasteiger partial charge in [0.15, 0.2) is 17.3 Å². The number of benzene rings is 5. The highest BCUT2D eigenvalue weighted by molar-refractivity contribution is 14.1. The molecule has 0 saturated heterocycles. The van der Waals surface area contributed by atoms with Crippen molar-refractivity contribution < 1.29 is 14.2 Å². The van der Waals surface area contributed by atoms with Crippen LogP contribution in [0.5, 0.6) is 17.2 Å². The first kappa shape index (κ1) is 31.3. The van der Waals surface area contributed by atoms with Gasteiger partial charge in [-0.05, 0) is 105 Å². The summed E-state index contributed by atoms with van der Waals surface area (Å²) in [6.07, 6.45) is 1.66. The van der Waals surface area contributed by atoms with Gasteiger partial charge in [0.25, 0.3) is 5.56 Å². The van der Waals surface area contributed by atoms with Gasteiger partial charge in [-0.25, -0.2) is 4.98 Å². The Kier molecular flexibility index (Phi) is 9.08. The van der Waals surface area contributed by atoms with E-state index in [4.69, 9.17) is 24.3 Å². The highest BCUT2D eigenvalue weighted by atomic mass is 127. The third-order valence-electron chi connectivity index (χ3n) is 8.02. The number of aryl methyl sites for hydroxylation is 1. The quantitative estimate of drug-likeness (QED) is 0.110. The minimum atomic E-state index is -0.255. The molecule has 0 spiro atoms. The number of ether oxygens (including phenoxy) is 3. The molecule has 0 radical (unpaired) electrons. The molecule has 8 heteroatoms. The molecule has 6 aromatic rings. The zero-order chi connectivity index (χ0) is 32.4. The molecule has 46 heavy (non-hydrogen) atoms. The Labute approximate surface area is 281 Å². The number of aromatic nitrogens is 2. The number of fused-ring (bicyclic) bond motifs is 2. The monoisotopic (exact) mass is 723 g/mol. The van der Waals surface area contributed by atoms with Crippen LogP contribution < -0.4 is 19.8 Å². The molecule has 7 nitrogen and oxygen atoms in total. The van der Waals surface area contributed by atoms with Crippen molar-refractivity contribution in [3.8, 4) is 28.6 Å². The smallest absolute Gasteiger partial charge is 0.282 e. The predicted molar refractivity (Wildman–Crippen MR) is 194 cm³/mol. The standard InChI is InChI=1S/C38H34IN3O4/c1-23(2)30-20-31(24(3)17-34(30)44-4)37-41-33-16-9-8-15-29(33)38(43)42(37)40-21-25-18-32(39)36(35(19-25)45-5)46-22-27-13-10-12-26-11-6-7-14-28(26)27/h6-21,23H,22H2,1-5H3. The fourth-order valence-corrected chi connectivity index (χ4v) is 6.40. The Hall–Kier alpha value is -4.70. The molecule has 0 amide bonds. The first-order valence-electron chi connectivity index (χ1n) is 15.0. The third kappa shape index (κ3) is 6.09. The lowest BCUT2D eigenvalue weighted by molar-refractivity contribution is 0.283. The van der Waals surface area contributed by atoms with Crippen molar-refractivity contribution in [2.24, 2.45) is 5.10 Å². The lowest BCUT2D eigenvalue weighted by atomic mass is 9.96. The van der Waals surface area contributed by atoms with Gasteiger partial charge in [-0.1, -0.05) is 68.4 Å². The lowest BCUT2D eigenvalue weighted by Crippen LogP contribution is -2.21. The van der Waals surface area contributed by atoms with Gasteiger partial charge in [0.1, 0.15) is 12.4 Å². The van der Waals surface area contributed by atoms with Crippen molar-refractivity contribution in [2.45, 2.75) is 33.3 Å². The number of hydrogen-bond donors (Lipinski definition) is 0. The minimum absolute atomic E-state index is 0.203. The molecule has 0 fully saturated rings. The highest BCUT2D eigenvalue weighted by Crippen LogP contribution is 2.36. The Morgan fingerprint density at radius 2 is 1.61 bits per heavy atom. The molecule has 6 rings (SSSR count). The molecule has 0 saturated carbocycles. The van der Waals surface area contributed by atoms with Crippen LogP contribution in [-0.2, 0) is 6.61 Å². The SMILES string of the molecule is COc1cc(C)c(-c2nc3ccccc3c(=O)n2N=Cc2cc(I)c(OCc3cccc4ccccc34)c(OC)c2)cc1C(C)C. The summed E-state index contributed by atoms with van der Waals surface area (Å²) in [6, 6.07) is 29.7. The second-order valence-electron chi connectivity index (χ2n) is 11.3. The Balaban J connectivity index is 1.40. The molecule has 232 valence electrons. The van der Waals surface area contributed by atoms with E-state index < -0.39 is 0 Å². The second kappa shape index (κ2) is 13.3. The molecule has 1 heterocycles. The molecule has 0 aliphatic heterocycles. The van der Waals surface area contributed by atoms with E-state index in [1.165, 1.54) is 10.1 Å². The van der Waals surface area contributed by atoms with E-state index >= 15 is 0 Å². The molecular weight excluding hydrogens is 689 g/mol. The van der Waals surface area contributed by atoms with Crippen molar-refractivity contribution in [3.05, 3.63) is 127 Å². The van der Waals surface area contributed by atoms with Gasteiger partial charge in [0.05, 0.1) is 34.9 Å².